The highest BCUT2D eigenvalue weighted by Crippen LogP contribution is 2.32. The first-order valence-electron chi connectivity index (χ1n) is 6.53. The monoisotopic (exact) mass is 286 g/mol. The van der Waals surface area contributed by atoms with Gasteiger partial charge in [0.15, 0.2) is 11.5 Å². The third-order valence-corrected chi connectivity index (χ3v) is 3.14. The van der Waals surface area contributed by atoms with Crippen LogP contribution in [0.25, 0.3) is 0 Å². The van der Waals surface area contributed by atoms with E-state index in [1.807, 2.05) is 18.2 Å². The molecule has 0 bridgehead atoms. The summed E-state index contributed by atoms with van der Waals surface area (Å²) in [5, 5.41) is 2.77. The molecule has 108 valence electrons. The lowest BCUT2D eigenvalue weighted by atomic mass is 10.2. The summed E-state index contributed by atoms with van der Waals surface area (Å²) in [4.78, 5) is 23.4. The normalized spacial score (nSPS) is 12.2. The number of carbonyl (C=O) groups is 1. The standard InChI is InChI=1S/C15H14N2O4/c18-14(9-17-6-2-1-3-15(17)19)16-8-11-4-5-12-13(7-11)21-10-20-12/h1-7H,8-10H2,(H,16,18). The van der Waals surface area contributed by atoms with Gasteiger partial charge in [-0.25, -0.2) is 0 Å². The molecule has 2 heterocycles. The Hall–Kier alpha value is -2.76. The lowest BCUT2D eigenvalue weighted by Crippen LogP contribution is -2.31. The Morgan fingerprint density at radius 2 is 2.05 bits per heavy atom. The second-order valence-corrected chi connectivity index (χ2v) is 4.63. The van der Waals surface area contributed by atoms with Gasteiger partial charge in [0.1, 0.15) is 6.54 Å². The molecule has 1 aromatic carbocycles. The Balaban J connectivity index is 1.59. The Morgan fingerprint density at radius 3 is 2.90 bits per heavy atom. The zero-order valence-electron chi connectivity index (χ0n) is 11.2. The molecule has 0 radical (unpaired) electrons. The van der Waals surface area contributed by atoms with Crippen LogP contribution in [0, 0.1) is 0 Å². The highest BCUT2D eigenvalue weighted by Gasteiger charge is 2.13. The molecule has 1 N–H and O–H groups in total. The summed E-state index contributed by atoms with van der Waals surface area (Å²) in [5.74, 6) is 1.17. The molecule has 6 heteroatoms. The van der Waals surface area contributed by atoms with E-state index in [9.17, 15) is 9.59 Å². The molecule has 0 saturated heterocycles. The van der Waals surface area contributed by atoms with Gasteiger partial charge in [0, 0.05) is 18.8 Å². The average molecular weight is 286 g/mol. The van der Waals surface area contributed by atoms with Gasteiger partial charge in [-0.2, -0.15) is 0 Å². The molecule has 1 aliphatic rings. The average Bonchev–Trinajstić information content (AvgIpc) is 2.95. The molecule has 1 aromatic heterocycles. The van der Waals surface area contributed by atoms with Gasteiger partial charge in [-0.05, 0) is 23.8 Å². The largest absolute Gasteiger partial charge is 0.454 e. The summed E-state index contributed by atoms with van der Waals surface area (Å²) in [6.07, 6.45) is 1.59. The molecule has 0 spiro atoms. The fraction of sp³-hybridized carbons (Fsp3) is 0.200. The Bertz CT molecular complexity index is 724. The highest BCUT2D eigenvalue weighted by atomic mass is 16.7. The number of pyridine rings is 1. The molecule has 2 aromatic rings. The number of fused-ring (bicyclic) bond motifs is 1. The third-order valence-electron chi connectivity index (χ3n) is 3.14. The summed E-state index contributed by atoms with van der Waals surface area (Å²) in [6, 6.07) is 10.3. The smallest absolute Gasteiger partial charge is 0.250 e. The van der Waals surface area contributed by atoms with Crippen molar-refractivity contribution in [2.45, 2.75) is 13.1 Å². The van der Waals surface area contributed by atoms with Crippen LogP contribution >= 0.6 is 0 Å². The van der Waals surface area contributed by atoms with Crippen molar-refractivity contribution >= 4 is 5.91 Å². The van der Waals surface area contributed by atoms with E-state index in [1.54, 1.807) is 18.3 Å². The molecule has 1 amide bonds. The number of amides is 1. The molecule has 3 rings (SSSR count). The van der Waals surface area contributed by atoms with Crippen LogP contribution in [0.2, 0.25) is 0 Å². The van der Waals surface area contributed by atoms with Crippen molar-refractivity contribution in [1.29, 1.82) is 0 Å². The van der Waals surface area contributed by atoms with Gasteiger partial charge in [0.2, 0.25) is 12.7 Å². The van der Waals surface area contributed by atoms with Gasteiger partial charge in [0.05, 0.1) is 0 Å². The van der Waals surface area contributed by atoms with Crippen molar-refractivity contribution in [2.24, 2.45) is 0 Å². The lowest BCUT2D eigenvalue weighted by Gasteiger charge is -2.07. The topological polar surface area (TPSA) is 69.6 Å². The lowest BCUT2D eigenvalue weighted by molar-refractivity contribution is -0.121. The zero-order valence-corrected chi connectivity index (χ0v) is 11.2. The van der Waals surface area contributed by atoms with Gasteiger partial charge in [-0.3, -0.25) is 9.59 Å². The van der Waals surface area contributed by atoms with Crippen molar-refractivity contribution < 1.29 is 14.3 Å². The highest BCUT2D eigenvalue weighted by molar-refractivity contribution is 5.75. The summed E-state index contributed by atoms with van der Waals surface area (Å²) in [7, 11) is 0. The second-order valence-electron chi connectivity index (χ2n) is 4.63. The van der Waals surface area contributed by atoms with Gasteiger partial charge in [-0.15, -0.1) is 0 Å². The maximum atomic E-state index is 11.8. The Labute approximate surface area is 120 Å². The molecular formula is C15H14N2O4. The molecule has 0 unspecified atom stereocenters. The molecular weight excluding hydrogens is 272 g/mol. The first kappa shape index (κ1) is 13.2. The first-order valence-corrected chi connectivity index (χ1v) is 6.53. The first-order chi connectivity index (χ1) is 10.2. The number of hydrogen-bond donors (Lipinski definition) is 1. The van der Waals surface area contributed by atoms with Crippen molar-refractivity contribution in [2.75, 3.05) is 6.79 Å². The third kappa shape index (κ3) is 3.05. The minimum atomic E-state index is -0.221. The predicted octanol–water partition coefficient (Wildman–Crippen LogP) is 0.893. The number of aromatic nitrogens is 1. The van der Waals surface area contributed by atoms with Crippen LogP contribution in [-0.2, 0) is 17.9 Å². The van der Waals surface area contributed by atoms with Crippen molar-refractivity contribution in [3.05, 3.63) is 58.5 Å². The quantitative estimate of drug-likeness (QED) is 0.906. The minimum Gasteiger partial charge on any atom is -0.454 e. The van der Waals surface area contributed by atoms with Crippen LogP contribution < -0.4 is 20.3 Å². The van der Waals surface area contributed by atoms with Crippen LogP contribution in [0.4, 0.5) is 0 Å². The molecule has 0 fully saturated rings. The van der Waals surface area contributed by atoms with E-state index in [1.165, 1.54) is 10.6 Å². The SMILES string of the molecule is O=C(Cn1ccccc1=O)NCc1ccc2c(c1)OCO2. The van der Waals surface area contributed by atoms with Crippen LogP contribution in [-0.4, -0.2) is 17.3 Å². The van der Waals surface area contributed by atoms with E-state index in [0.717, 1.165) is 5.56 Å². The van der Waals surface area contributed by atoms with E-state index < -0.39 is 0 Å². The number of carbonyl (C=O) groups excluding carboxylic acids is 1. The van der Waals surface area contributed by atoms with E-state index in [2.05, 4.69) is 5.32 Å². The molecule has 0 saturated carbocycles. The van der Waals surface area contributed by atoms with E-state index >= 15 is 0 Å². The maximum absolute atomic E-state index is 11.8. The minimum absolute atomic E-state index is 0.00419. The molecule has 1 aliphatic heterocycles. The summed E-state index contributed by atoms with van der Waals surface area (Å²) >= 11 is 0. The van der Waals surface area contributed by atoms with Gasteiger partial charge in [-0.1, -0.05) is 12.1 Å². The summed E-state index contributed by atoms with van der Waals surface area (Å²) in [6.45, 7) is 0.601. The maximum Gasteiger partial charge on any atom is 0.250 e. The van der Waals surface area contributed by atoms with Gasteiger partial charge >= 0.3 is 0 Å². The Morgan fingerprint density at radius 1 is 1.19 bits per heavy atom. The molecule has 21 heavy (non-hydrogen) atoms. The number of hydrogen-bond acceptors (Lipinski definition) is 4. The van der Waals surface area contributed by atoms with Gasteiger partial charge in [0.25, 0.3) is 5.56 Å². The number of nitrogens with one attached hydrogen (secondary N) is 1. The molecule has 0 aliphatic carbocycles. The summed E-state index contributed by atoms with van der Waals surface area (Å²) in [5.41, 5.74) is 0.712. The van der Waals surface area contributed by atoms with E-state index in [4.69, 9.17) is 9.47 Å². The van der Waals surface area contributed by atoms with Crippen molar-refractivity contribution in [3.63, 3.8) is 0 Å². The summed E-state index contributed by atoms with van der Waals surface area (Å²) < 4.78 is 11.9. The number of rotatable bonds is 4. The van der Waals surface area contributed by atoms with Crippen LogP contribution in [0.3, 0.4) is 0 Å². The van der Waals surface area contributed by atoms with Crippen molar-refractivity contribution in [1.82, 2.24) is 9.88 Å². The predicted molar refractivity (Wildman–Crippen MR) is 75.1 cm³/mol. The number of benzene rings is 1. The molecule has 0 atom stereocenters. The van der Waals surface area contributed by atoms with Crippen molar-refractivity contribution in [3.8, 4) is 11.5 Å². The van der Waals surface area contributed by atoms with E-state index in [-0.39, 0.29) is 24.8 Å². The fourth-order valence-electron chi connectivity index (χ4n) is 2.05. The van der Waals surface area contributed by atoms with Crippen LogP contribution in [0.15, 0.2) is 47.4 Å². The van der Waals surface area contributed by atoms with E-state index in [0.29, 0.717) is 18.0 Å². The fourth-order valence-corrected chi connectivity index (χ4v) is 2.05. The molecule has 6 nitrogen and oxygen atoms in total. The van der Waals surface area contributed by atoms with Crippen LogP contribution in [0.1, 0.15) is 5.56 Å². The second kappa shape index (κ2) is 5.70. The van der Waals surface area contributed by atoms with Crippen LogP contribution in [0.5, 0.6) is 11.5 Å². The number of nitrogens with zero attached hydrogens (tertiary/aromatic N) is 1. The Kier molecular flexibility index (Phi) is 3.59. The van der Waals surface area contributed by atoms with Gasteiger partial charge < -0.3 is 19.4 Å². The number of ether oxygens (including phenoxy) is 2. The zero-order chi connectivity index (χ0) is 14.7.